The van der Waals surface area contributed by atoms with E-state index in [-0.39, 0.29) is 0 Å². The maximum absolute atomic E-state index is 5.77. The van der Waals surface area contributed by atoms with Gasteiger partial charge in [0.15, 0.2) is 0 Å². The van der Waals surface area contributed by atoms with Crippen LogP contribution in [0.2, 0.25) is 0 Å². The highest BCUT2D eigenvalue weighted by Gasteiger charge is 2.29. The molecule has 7 heteroatoms. The van der Waals surface area contributed by atoms with E-state index in [1.54, 1.807) is 0 Å². The number of fused-ring (bicyclic) bond motifs is 2. The van der Waals surface area contributed by atoms with Crippen molar-refractivity contribution < 1.29 is 0 Å². The Labute approximate surface area is 119 Å². The zero-order valence-electron chi connectivity index (χ0n) is 12.2. The van der Waals surface area contributed by atoms with E-state index in [4.69, 9.17) is 5.73 Å². The first-order valence-electron chi connectivity index (χ1n) is 7.26. The molecule has 2 unspecified atom stereocenters. The molecule has 7 nitrogen and oxygen atoms in total. The van der Waals surface area contributed by atoms with Crippen LogP contribution in [-0.2, 0) is 6.54 Å². The summed E-state index contributed by atoms with van der Waals surface area (Å²) in [6, 6.07) is 1.32. The van der Waals surface area contributed by atoms with Crippen molar-refractivity contribution in [3.05, 3.63) is 5.82 Å². The molecule has 0 amide bonds. The second kappa shape index (κ2) is 5.49. The van der Waals surface area contributed by atoms with Crippen molar-refractivity contribution in [3.8, 4) is 0 Å². The SMILES string of the molecule is CN(C)c1nc(N)nc(CN2CCC3CCC(C2)N3)n1. The van der Waals surface area contributed by atoms with Gasteiger partial charge in [-0.3, -0.25) is 4.90 Å². The molecule has 0 aromatic carbocycles. The first-order chi connectivity index (χ1) is 9.60. The normalized spacial score (nSPS) is 26.5. The standard InChI is InChI=1S/C13H23N7/c1-19(2)13-17-11(16-12(14)18-13)8-20-6-5-9-3-4-10(7-20)15-9/h9-10,15H,3-8H2,1-2H3,(H2,14,16,17,18). The molecule has 0 radical (unpaired) electrons. The van der Waals surface area contributed by atoms with Crippen LogP contribution in [0.1, 0.15) is 25.1 Å². The van der Waals surface area contributed by atoms with Crippen LogP contribution in [0.5, 0.6) is 0 Å². The Kier molecular flexibility index (Phi) is 3.71. The monoisotopic (exact) mass is 277 g/mol. The molecule has 3 N–H and O–H groups in total. The molecule has 2 fully saturated rings. The summed E-state index contributed by atoms with van der Waals surface area (Å²) in [5.41, 5.74) is 5.77. The van der Waals surface area contributed by atoms with E-state index in [9.17, 15) is 0 Å². The van der Waals surface area contributed by atoms with Gasteiger partial charge < -0.3 is 16.0 Å². The summed E-state index contributed by atoms with van der Waals surface area (Å²) in [7, 11) is 3.82. The van der Waals surface area contributed by atoms with E-state index in [0.717, 1.165) is 25.5 Å². The van der Waals surface area contributed by atoms with Crippen molar-refractivity contribution in [2.24, 2.45) is 0 Å². The van der Waals surface area contributed by atoms with E-state index in [0.29, 0.717) is 24.0 Å². The Morgan fingerprint density at radius 1 is 1.20 bits per heavy atom. The summed E-state index contributed by atoms with van der Waals surface area (Å²) in [5, 5.41) is 3.68. The summed E-state index contributed by atoms with van der Waals surface area (Å²) in [6.07, 6.45) is 3.81. The molecule has 2 aliphatic heterocycles. The third kappa shape index (κ3) is 2.99. The Balaban J connectivity index is 1.70. The molecule has 0 spiro atoms. The summed E-state index contributed by atoms with van der Waals surface area (Å²) in [6.45, 7) is 2.91. The lowest BCUT2D eigenvalue weighted by Gasteiger charge is -2.23. The van der Waals surface area contributed by atoms with Crippen molar-refractivity contribution in [1.82, 2.24) is 25.2 Å². The lowest BCUT2D eigenvalue weighted by atomic mass is 10.1. The van der Waals surface area contributed by atoms with Gasteiger partial charge >= 0.3 is 0 Å². The van der Waals surface area contributed by atoms with Gasteiger partial charge in [-0.05, 0) is 19.3 Å². The van der Waals surface area contributed by atoms with Gasteiger partial charge in [-0.2, -0.15) is 15.0 Å². The summed E-state index contributed by atoms with van der Waals surface area (Å²) in [5.74, 6) is 1.69. The molecule has 110 valence electrons. The second-order valence-electron chi connectivity index (χ2n) is 5.97. The Morgan fingerprint density at radius 2 is 2.00 bits per heavy atom. The van der Waals surface area contributed by atoms with Crippen LogP contribution < -0.4 is 16.0 Å². The van der Waals surface area contributed by atoms with E-state index in [1.165, 1.54) is 19.3 Å². The van der Waals surface area contributed by atoms with E-state index in [2.05, 4.69) is 25.2 Å². The fourth-order valence-corrected chi connectivity index (χ4v) is 3.05. The van der Waals surface area contributed by atoms with Crippen molar-refractivity contribution in [3.63, 3.8) is 0 Å². The lowest BCUT2D eigenvalue weighted by Crippen LogP contribution is -2.35. The number of nitrogens with two attached hydrogens (primary N) is 1. The van der Waals surface area contributed by atoms with Gasteiger partial charge in [-0.25, -0.2) is 0 Å². The predicted molar refractivity (Wildman–Crippen MR) is 78.4 cm³/mol. The number of likely N-dealkylation sites (tertiary alicyclic amines) is 1. The molecule has 2 aliphatic rings. The van der Waals surface area contributed by atoms with E-state index >= 15 is 0 Å². The molecule has 3 heterocycles. The number of nitrogens with zero attached hydrogens (tertiary/aromatic N) is 5. The summed E-state index contributed by atoms with van der Waals surface area (Å²) < 4.78 is 0. The molecule has 2 bridgehead atoms. The molecular formula is C13H23N7. The highest BCUT2D eigenvalue weighted by atomic mass is 15.3. The largest absolute Gasteiger partial charge is 0.368 e. The van der Waals surface area contributed by atoms with Gasteiger partial charge in [0, 0.05) is 39.3 Å². The highest BCUT2D eigenvalue weighted by Crippen LogP contribution is 2.21. The van der Waals surface area contributed by atoms with E-state index < -0.39 is 0 Å². The quantitative estimate of drug-likeness (QED) is 0.794. The predicted octanol–water partition coefficient (Wildman–Crippen LogP) is -0.154. The number of rotatable bonds is 3. The number of nitrogens with one attached hydrogen (secondary N) is 1. The van der Waals surface area contributed by atoms with Crippen LogP contribution in [0.4, 0.5) is 11.9 Å². The molecule has 2 saturated heterocycles. The molecule has 0 aliphatic carbocycles. The lowest BCUT2D eigenvalue weighted by molar-refractivity contribution is 0.245. The zero-order chi connectivity index (χ0) is 14.1. The number of nitrogen functional groups attached to an aromatic ring is 1. The maximum Gasteiger partial charge on any atom is 0.229 e. The number of anilines is 2. The van der Waals surface area contributed by atoms with Gasteiger partial charge in [-0.15, -0.1) is 0 Å². The summed E-state index contributed by atoms with van der Waals surface area (Å²) >= 11 is 0. The van der Waals surface area contributed by atoms with Crippen molar-refractivity contribution in [2.45, 2.75) is 37.9 Å². The molecule has 0 saturated carbocycles. The number of hydrogen-bond donors (Lipinski definition) is 2. The first kappa shape index (κ1) is 13.5. The van der Waals surface area contributed by atoms with Crippen molar-refractivity contribution in [2.75, 3.05) is 37.8 Å². The van der Waals surface area contributed by atoms with Crippen LogP contribution in [-0.4, -0.2) is 59.1 Å². The maximum atomic E-state index is 5.77. The second-order valence-corrected chi connectivity index (χ2v) is 5.97. The number of aromatic nitrogens is 3. The fraction of sp³-hybridized carbons (Fsp3) is 0.769. The van der Waals surface area contributed by atoms with Crippen LogP contribution in [0.3, 0.4) is 0 Å². The van der Waals surface area contributed by atoms with Gasteiger partial charge in [0.1, 0.15) is 5.82 Å². The smallest absolute Gasteiger partial charge is 0.229 e. The minimum absolute atomic E-state index is 0.299. The molecule has 1 aromatic rings. The fourth-order valence-electron chi connectivity index (χ4n) is 3.05. The van der Waals surface area contributed by atoms with Gasteiger partial charge in [0.25, 0.3) is 0 Å². The molecular weight excluding hydrogens is 254 g/mol. The zero-order valence-corrected chi connectivity index (χ0v) is 12.2. The Hall–Kier alpha value is -1.47. The average Bonchev–Trinajstić information content (AvgIpc) is 2.72. The third-order valence-corrected chi connectivity index (χ3v) is 4.06. The van der Waals surface area contributed by atoms with Gasteiger partial charge in [0.2, 0.25) is 11.9 Å². The Morgan fingerprint density at radius 3 is 2.80 bits per heavy atom. The minimum atomic E-state index is 0.299. The molecule has 1 aromatic heterocycles. The molecule has 20 heavy (non-hydrogen) atoms. The van der Waals surface area contributed by atoms with Gasteiger partial charge in [0.05, 0.1) is 6.54 Å². The topological polar surface area (TPSA) is 83.2 Å². The van der Waals surface area contributed by atoms with E-state index in [1.807, 2.05) is 19.0 Å². The Bertz CT molecular complexity index is 476. The molecule has 2 atom stereocenters. The average molecular weight is 277 g/mol. The third-order valence-electron chi connectivity index (χ3n) is 4.06. The molecule has 3 rings (SSSR count). The van der Waals surface area contributed by atoms with Crippen LogP contribution >= 0.6 is 0 Å². The van der Waals surface area contributed by atoms with Crippen molar-refractivity contribution in [1.29, 1.82) is 0 Å². The van der Waals surface area contributed by atoms with Crippen LogP contribution in [0.25, 0.3) is 0 Å². The first-order valence-corrected chi connectivity index (χ1v) is 7.26. The van der Waals surface area contributed by atoms with Crippen LogP contribution in [0, 0.1) is 0 Å². The summed E-state index contributed by atoms with van der Waals surface area (Å²) in [4.78, 5) is 17.2. The van der Waals surface area contributed by atoms with Gasteiger partial charge in [-0.1, -0.05) is 0 Å². The minimum Gasteiger partial charge on any atom is -0.368 e. The van der Waals surface area contributed by atoms with Crippen LogP contribution in [0.15, 0.2) is 0 Å². The highest BCUT2D eigenvalue weighted by molar-refractivity contribution is 5.32. The van der Waals surface area contributed by atoms with Crippen molar-refractivity contribution >= 4 is 11.9 Å². The number of hydrogen-bond acceptors (Lipinski definition) is 7.